The first-order valence-corrected chi connectivity index (χ1v) is 6.93. The maximum absolute atomic E-state index is 10.1. The Morgan fingerprint density at radius 2 is 1.61 bits per heavy atom. The van der Waals surface area contributed by atoms with Crippen LogP contribution >= 0.6 is 0 Å². The van der Waals surface area contributed by atoms with Crippen LogP contribution in [0, 0.1) is 11.3 Å². The minimum Gasteiger partial charge on any atom is -0.396 e. The minimum absolute atomic E-state index is 0.0417. The predicted molar refractivity (Wildman–Crippen MR) is 72.2 cm³/mol. The Labute approximate surface area is 111 Å². The summed E-state index contributed by atoms with van der Waals surface area (Å²) in [6, 6.07) is 0. The van der Waals surface area contributed by atoms with Crippen LogP contribution in [0.2, 0.25) is 0 Å². The van der Waals surface area contributed by atoms with Crippen molar-refractivity contribution in [1.82, 2.24) is 0 Å². The Morgan fingerprint density at radius 1 is 1.00 bits per heavy atom. The van der Waals surface area contributed by atoms with Gasteiger partial charge in [0.05, 0.1) is 18.8 Å². The third-order valence-electron chi connectivity index (χ3n) is 3.59. The summed E-state index contributed by atoms with van der Waals surface area (Å²) in [6.45, 7) is 5.68. The van der Waals surface area contributed by atoms with Gasteiger partial charge >= 0.3 is 0 Å². The first-order chi connectivity index (χ1) is 8.35. The predicted octanol–water partition coefficient (Wildman–Crippen LogP) is 1.31. The first kappa shape index (κ1) is 17.8. The Morgan fingerprint density at radius 3 is 2.11 bits per heavy atom. The lowest BCUT2D eigenvalue weighted by molar-refractivity contribution is -0.0380. The largest absolute Gasteiger partial charge is 0.396 e. The van der Waals surface area contributed by atoms with E-state index >= 15 is 0 Å². The second kappa shape index (κ2) is 8.86. The Balaban J connectivity index is 3.95. The molecule has 0 rings (SSSR count). The Bertz CT molecular complexity index is 206. The van der Waals surface area contributed by atoms with Crippen LogP contribution in [-0.2, 0) is 0 Å². The van der Waals surface area contributed by atoms with Crippen LogP contribution in [0.4, 0.5) is 0 Å². The summed E-state index contributed by atoms with van der Waals surface area (Å²) in [6.07, 6.45) is 2.82. The van der Waals surface area contributed by atoms with Crippen molar-refractivity contribution in [1.29, 1.82) is 0 Å². The molecule has 0 aromatic heterocycles. The molecule has 4 nitrogen and oxygen atoms in total. The molecule has 4 N–H and O–H groups in total. The van der Waals surface area contributed by atoms with Gasteiger partial charge in [0.15, 0.2) is 0 Å². The number of aliphatic hydroxyl groups excluding tert-OH is 4. The first-order valence-electron chi connectivity index (χ1n) is 6.93. The summed E-state index contributed by atoms with van der Waals surface area (Å²) < 4.78 is 0. The van der Waals surface area contributed by atoms with Gasteiger partial charge in [-0.2, -0.15) is 0 Å². The molecule has 3 unspecified atom stereocenters. The van der Waals surface area contributed by atoms with E-state index in [0.717, 1.165) is 19.3 Å². The maximum Gasteiger partial charge on any atom is 0.0639 e. The molecule has 0 aliphatic heterocycles. The van der Waals surface area contributed by atoms with E-state index in [-0.39, 0.29) is 19.1 Å². The fourth-order valence-electron chi connectivity index (χ4n) is 2.21. The number of hydrogen-bond donors (Lipinski definition) is 4. The van der Waals surface area contributed by atoms with E-state index in [9.17, 15) is 15.3 Å². The van der Waals surface area contributed by atoms with Gasteiger partial charge in [-0.1, -0.05) is 33.6 Å². The summed E-state index contributed by atoms with van der Waals surface area (Å²) in [5, 5.41) is 37.8. The van der Waals surface area contributed by atoms with Gasteiger partial charge in [0.25, 0.3) is 0 Å². The highest BCUT2D eigenvalue weighted by atomic mass is 16.3. The van der Waals surface area contributed by atoms with E-state index < -0.39 is 17.6 Å². The van der Waals surface area contributed by atoms with Crippen molar-refractivity contribution in [2.24, 2.45) is 11.3 Å². The zero-order valence-corrected chi connectivity index (χ0v) is 12.0. The zero-order valence-electron chi connectivity index (χ0n) is 12.0. The van der Waals surface area contributed by atoms with Gasteiger partial charge in [0.1, 0.15) is 0 Å². The SMILES string of the molecule is CC(CC(O)CCCCCO)C(O)C(C)(C)CO. The van der Waals surface area contributed by atoms with Crippen molar-refractivity contribution in [2.75, 3.05) is 13.2 Å². The molecular formula is C14H30O4. The quantitative estimate of drug-likeness (QED) is 0.447. The molecule has 0 heterocycles. The maximum atomic E-state index is 10.1. The molecule has 0 aromatic rings. The number of rotatable bonds is 10. The molecule has 0 fully saturated rings. The minimum atomic E-state index is -0.616. The summed E-state index contributed by atoms with van der Waals surface area (Å²) >= 11 is 0. The van der Waals surface area contributed by atoms with Crippen molar-refractivity contribution in [3.05, 3.63) is 0 Å². The molecular weight excluding hydrogens is 232 g/mol. The van der Waals surface area contributed by atoms with E-state index in [2.05, 4.69) is 0 Å². The summed E-state index contributed by atoms with van der Waals surface area (Å²) in [7, 11) is 0. The van der Waals surface area contributed by atoms with Gasteiger partial charge in [-0.3, -0.25) is 0 Å². The van der Waals surface area contributed by atoms with Gasteiger partial charge in [0, 0.05) is 12.0 Å². The van der Waals surface area contributed by atoms with Gasteiger partial charge < -0.3 is 20.4 Å². The second-order valence-corrected chi connectivity index (χ2v) is 6.03. The molecule has 0 bridgehead atoms. The third kappa shape index (κ3) is 6.69. The fraction of sp³-hybridized carbons (Fsp3) is 1.00. The lowest BCUT2D eigenvalue weighted by atomic mass is 9.78. The standard InChI is InChI=1S/C14H30O4/c1-11(13(18)14(2,3)10-16)9-12(17)7-5-4-6-8-15/h11-13,15-18H,4-10H2,1-3H3. The topological polar surface area (TPSA) is 80.9 Å². The summed E-state index contributed by atoms with van der Waals surface area (Å²) in [5.41, 5.74) is -0.532. The smallest absolute Gasteiger partial charge is 0.0639 e. The van der Waals surface area contributed by atoms with Gasteiger partial charge in [-0.05, 0) is 25.2 Å². The number of hydrogen-bond acceptors (Lipinski definition) is 4. The molecule has 0 saturated carbocycles. The summed E-state index contributed by atoms with van der Waals surface area (Å²) in [5.74, 6) is -0.0417. The lowest BCUT2D eigenvalue weighted by Crippen LogP contribution is -2.38. The van der Waals surface area contributed by atoms with Crippen LogP contribution in [0.15, 0.2) is 0 Å². The van der Waals surface area contributed by atoms with E-state index in [0.29, 0.717) is 12.8 Å². The van der Waals surface area contributed by atoms with Crippen LogP contribution in [-0.4, -0.2) is 45.8 Å². The molecule has 0 radical (unpaired) electrons. The van der Waals surface area contributed by atoms with Crippen LogP contribution in [0.3, 0.4) is 0 Å². The molecule has 0 saturated heterocycles. The molecule has 3 atom stereocenters. The van der Waals surface area contributed by atoms with E-state index in [4.69, 9.17) is 5.11 Å². The van der Waals surface area contributed by atoms with E-state index in [1.165, 1.54) is 0 Å². The van der Waals surface area contributed by atoms with Gasteiger partial charge in [0.2, 0.25) is 0 Å². The molecule has 0 aliphatic carbocycles. The Hall–Kier alpha value is -0.160. The second-order valence-electron chi connectivity index (χ2n) is 6.03. The van der Waals surface area contributed by atoms with E-state index in [1.54, 1.807) is 0 Å². The Kier molecular flexibility index (Phi) is 8.78. The third-order valence-corrected chi connectivity index (χ3v) is 3.59. The molecule has 4 heteroatoms. The fourth-order valence-corrected chi connectivity index (χ4v) is 2.21. The lowest BCUT2D eigenvalue weighted by Gasteiger charge is -2.33. The number of aliphatic hydroxyl groups is 4. The average molecular weight is 262 g/mol. The average Bonchev–Trinajstić information content (AvgIpc) is 2.33. The van der Waals surface area contributed by atoms with Crippen molar-refractivity contribution in [3.63, 3.8) is 0 Å². The highest BCUT2D eigenvalue weighted by Gasteiger charge is 2.32. The van der Waals surface area contributed by atoms with Gasteiger partial charge in [-0.15, -0.1) is 0 Å². The highest BCUT2D eigenvalue weighted by molar-refractivity contribution is 4.82. The van der Waals surface area contributed by atoms with Crippen LogP contribution < -0.4 is 0 Å². The van der Waals surface area contributed by atoms with Crippen molar-refractivity contribution in [3.8, 4) is 0 Å². The molecule has 18 heavy (non-hydrogen) atoms. The van der Waals surface area contributed by atoms with Crippen LogP contribution in [0.5, 0.6) is 0 Å². The molecule has 110 valence electrons. The van der Waals surface area contributed by atoms with E-state index in [1.807, 2.05) is 20.8 Å². The van der Waals surface area contributed by atoms with Crippen LogP contribution in [0.1, 0.15) is 52.9 Å². The number of unbranched alkanes of at least 4 members (excludes halogenated alkanes) is 2. The van der Waals surface area contributed by atoms with Crippen molar-refractivity contribution < 1.29 is 20.4 Å². The normalized spacial score (nSPS) is 17.5. The van der Waals surface area contributed by atoms with Crippen molar-refractivity contribution >= 4 is 0 Å². The zero-order chi connectivity index (χ0) is 14.2. The van der Waals surface area contributed by atoms with Gasteiger partial charge in [-0.25, -0.2) is 0 Å². The molecule has 0 amide bonds. The highest BCUT2D eigenvalue weighted by Crippen LogP contribution is 2.28. The monoisotopic (exact) mass is 262 g/mol. The van der Waals surface area contributed by atoms with Crippen molar-refractivity contribution in [2.45, 2.75) is 65.1 Å². The molecule has 0 aliphatic rings. The molecule has 0 aromatic carbocycles. The summed E-state index contributed by atoms with van der Waals surface area (Å²) in [4.78, 5) is 0. The van der Waals surface area contributed by atoms with Crippen LogP contribution in [0.25, 0.3) is 0 Å². The molecule has 0 spiro atoms.